The molecule has 3 heteroatoms. The van der Waals surface area contributed by atoms with Crippen LogP contribution in [0.5, 0.6) is 0 Å². The second-order valence-electron chi connectivity index (χ2n) is 5.37. The Bertz CT molecular complexity index is 239. The maximum absolute atomic E-state index is 6.57. The highest BCUT2D eigenvalue weighted by Crippen LogP contribution is 2.74. The van der Waals surface area contributed by atoms with Gasteiger partial charge in [-0.2, -0.15) is 0 Å². The quantitative estimate of drug-likeness (QED) is 0.444. The number of halogens is 2. The first-order chi connectivity index (χ1) is 5.75. The zero-order valence-corrected chi connectivity index (χ0v) is 11.1. The summed E-state index contributed by atoms with van der Waals surface area (Å²) in [4.78, 5) is 0. The highest BCUT2D eigenvalue weighted by Gasteiger charge is 2.71. The van der Waals surface area contributed by atoms with E-state index in [9.17, 15) is 0 Å². The van der Waals surface area contributed by atoms with E-state index < -0.39 is 0 Å². The number of rotatable bonds is 0. The van der Waals surface area contributed by atoms with Crippen molar-refractivity contribution in [3.8, 4) is 0 Å². The summed E-state index contributed by atoms with van der Waals surface area (Å²) in [5.41, 5.74) is 0.451. The van der Waals surface area contributed by atoms with Crippen molar-refractivity contribution < 1.29 is 0 Å². The lowest BCUT2D eigenvalue weighted by Gasteiger charge is -2.43. The molecule has 2 bridgehead atoms. The largest absolute Gasteiger partial charge is 0.120 e. The van der Waals surface area contributed by atoms with E-state index in [1.54, 1.807) is 0 Å². The van der Waals surface area contributed by atoms with Gasteiger partial charge in [-0.15, -0.1) is 32.4 Å². The summed E-state index contributed by atoms with van der Waals surface area (Å²) in [6.45, 7) is 6.91. The van der Waals surface area contributed by atoms with Crippen LogP contribution in [0.1, 0.15) is 33.6 Å². The molecule has 0 spiro atoms. The lowest BCUT2D eigenvalue weighted by molar-refractivity contribution is 0.147. The molecule has 0 saturated heterocycles. The van der Waals surface area contributed by atoms with Gasteiger partial charge in [0.2, 0.25) is 0 Å². The lowest BCUT2D eigenvalue weighted by atomic mass is 9.70. The first-order valence-electron chi connectivity index (χ1n) is 4.87. The minimum atomic E-state index is -0.305. The minimum absolute atomic E-state index is 0.105. The summed E-state index contributed by atoms with van der Waals surface area (Å²) in [7, 11) is 2.79. The first kappa shape index (κ1) is 10.5. The fourth-order valence-corrected chi connectivity index (χ4v) is 5.25. The molecule has 2 saturated carbocycles. The van der Waals surface area contributed by atoms with Gasteiger partial charge in [0.05, 0.1) is 9.99 Å². The smallest absolute Gasteiger partial charge is 0.0807 e. The molecule has 0 N–H and O–H groups in total. The van der Waals surface area contributed by atoms with Gasteiger partial charge in [-0.1, -0.05) is 20.8 Å². The average Bonchev–Trinajstić information content (AvgIpc) is 2.26. The minimum Gasteiger partial charge on any atom is -0.120 e. The number of alkyl halides is 2. The summed E-state index contributed by atoms with van der Waals surface area (Å²) in [5.74, 6) is 0.578. The Balaban J connectivity index is 2.53. The average molecular weight is 239 g/mol. The fourth-order valence-electron chi connectivity index (χ4n) is 3.33. The highest BCUT2D eigenvalue weighted by atomic mass is 35.5. The van der Waals surface area contributed by atoms with Crippen LogP contribution < -0.4 is 0 Å². The molecule has 0 aromatic carbocycles. The summed E-state index contributed by atoms with van der Waals surface area (Å²) < 4.78 is -0.305. The zero-order valence-electron chi connectivity index (χ0n) is 8.40. The molecule has 5 atom stereocenters. The molecular weight excluding hydrogens is 222 g/mol. The van der Waals surface area contributed by atoms with Crippen molar-refractivity contribution in [2.75, 3.05) is 0 Å². The van der Waals surface area contributed by atoms with E-state index >= 15 is 0 Å². The van der Waals surface area contributed by atoms with Gasteiger partial charge in [-0.3, -0.25) is 0 Å². The Kier molecular flexibility index (Phi) is 2.08. The summed E-state index contributed by atoms with van der Waals surface area (Å²) in [6, 6.07) is 0. The van der Waals surface area contributed by atoms with Crippen molar-refractivity contribution in [2.24, 2.45) is 16.7 Å². The summed E-state index contributed by atoms with van der Waals surface area (Å²) >= 11 is 13.0. The topological polar surface area (TPSA) is 0 Å². The van der Waals surface area contributed by atoms with E-state index in [0.29, 0.717) is 5.92 Å². The molecule has 0 nitrogen and oxygen atoms in total. The fraction of sp³-hybridized carbons (Fsp3) is 1.00. The Labute approximate surface area is 92.9 Å². The van der Waals surface area contributed by atoms with E-state index in [1.165, 1.54) is 12.8 Å². The van der Waals surface area contributed by atoms with E-state index in [1.807, 2.05) is 0 Å². The lowest BCUT2D eigenvalue weighted by Crippen LogP contribution is -2.42. The van der Waals surface area contributed by atoms with Gasteiger partial charge in [-0.25, -0.2) is 0 Å². The predicted octanol–water partition coefficient (Wildman–Crippen LogP) is 3.86. The van der Waals surface area contributed by atoms with Crippen LogP contribution in [-0.4, -0.2) is 9.99 Å². The summed E-state index contributed by atoms with van der Waals surface area (Å²) in [6.07, 6.45) is 2.45. The van der Waals surface area contributed by atoms with Gasteiger partial charge < -0.3 is 0 Å². The SMILES string of the molecule is CC1(C)[C@H]2CC[C@@]1(C)[C@](P)(Cl)C2Cl. The molecule has 0 radical (unpaired) electrons. The van der Waals surface area contributed by atoms with Crippen molar-refractivity contribution in [1.29, 1.82) is 0 Å². The number of fused-ring (bicyclic) bond motifs is 2. The molecule has 0 heterocycles. The molecule has 0 aliphatic heterocycles. The van der Waals surface area contributed by atoms with Gasteiger partial charge in [-0.05, 0) is 29.6 Å². The third-order valence-corrected chi connectivity index (χ3v) is 7.52. The highest BCUT2D eigenvalue weighted by molar-refractivity contribution is 7.23. The number of hydrogen-bond acceptors (Lipinski definition) is 0. The summed E-state index contributed by atoms with van der Waals surface area (Å²) in [5, 5.41) is 0.105. The van der Waals surface area contributed by atoms with Gasteiger partial charge in [0, 0.05) is 0 Å². The van der Waals surface area contributed by atoms with Crippen LogP contribution >= 0.6 is 32.4 Å². The molecular formula is C10H17Cl2P. The van der Waals surface area contributed by atoms with Gasteiger partial charge >= 0.3 is 0 Å². The van der Waals surface area contributed by atoms with Crippen LogP contribution in [0.2, 0.25) is 0 Å². The standard InChI is InChI=1S/C10H17Cl2P/c1-8(2)6-4-5-9(8,3)10(12,13)7(6)11/h6-7H,4-5,13H2,1-3H3/t6-,7?,9+,10-/m0/s1. The van der Waals surface area contributed by atoms with Crippen molar-refractivity contribution >= 4 is 32.4 Å². The van der Waals surface area contributed by atoms with Crippen LogP contribution in [0.15, 0.2) is 0 Å². The van der Waals surface area contributed by atoms with E-state index in [0.717, 1.165) is 0 Å². The zero-order chi connectivity index (χ0) is 10.1. The molecule has 2 unspecified atom stereocenters. The Hall–Kier alpha value is 1.01. The van der Waals surface area contributed by atoms with Gasteiger partial charge in [0.15, 0.2) is 0 Å². The molecule has 2 rings (SSSR count). The molecule has 0 amide bonds. The van der Waals surface area contributed by atoms with Crippen molar-refractivity contribution in [1.82, 2.24) is 0 Å². The Morgan fingerprint density at radius 3 is 2.08 bits per heavy atom. The maximum atomic E-state index is 6.57. The van der Waals surface area contributed by atoms with Gasteiger partial charge in [0.1, 0.15) is 0 Å². The molecule has 2 aliphatic rings. The second kappa shape index (κ2) is 2.57. The van der Waals surface area contributed by atoms with E-state index in [4.69, 9.17) is 23.2 Å². The Morgan fingerprint density at radius 1 is 1.31 bits per heavy atom. The van der Waals surface area contributed by atoms with Crippen LogP contribution in [0, 0.1) is 16.7 Å². The van der Waals surface area contributed by atoms with Crippen molar-refractivity contribution in [2.45, 2.75) is 43.6 Å². The molecule has 0 aromatic rings. The van der Waals surface area contributed by atoms with Crippen molar-refractivity contribution in [3.05, 3.63) is 0 Å². The maximum Gasteiger partial charge on any atom is 0.0807 e. The Morgan fingerprint density at radius 2 is 1.85 bits per heavy atom. The monoisotopic (exact) mass is 238 g/mol. The second-order valence-corrected chi connectivity index (χ2v) is 7.74. The third-order valence-electron chi connectivity index (χ3n) is 4.90. The predicted molar refractivity (Wildman–Crippen MR) is 62.5 cm³/mol. The molecule has 13 heavy (non-hydrogen) atoms. The van der Waals surface area contributed by atoms with Crippen molar-refractivity contribution in [3.63, 3.8) is 0 Å². The van der Waals surface area contributed by atoms with Gasteiger partial charge in [0.25, 0.3) is 0 Å². The van der Waals surface area contributed by atoms with Crippen LogP contribution in [-0.2, 0) is 0 Å². The number of hydrogen-bond donors (Lipinski definition) is 0. The third kappa shape index (κ3) is 0.938. The van der Waals surface area contributed by atoms with E-state index in [2.05, 4.69) is 30.0 Å². The van der Waals surface area contributed by atoms with Crippen LogP contribution in [0.4, 0.5) is 0 Å². The first-order valence-corrected chi connectivity index (χ1v) is 6.26. The van der Waals surface area contributed by atoms with E-state index in [-0.39, 0.29) is 20.8 Å². The normalized spacial score (nSPS) is 58.6. The van der Waals surface area contributed by atoms with Crippen LogP contribution in [0.3, 0.4) is 0 Å². The molecule has 0 aromatic heterocycles. The van der Waals surface area contributed by atoms with Crippen LogP contribution in [0.25, 0.3) is 0 Å². The molecule has 2 fully saturated rings. The molecule has 76 valence electrons. The molecule has 2 aliphatic carbocycles.